The third-order valence-corrected chi connectivity index (χ3v) is 2.21. The van der Waals surface area contributed by atoms with E-state index in [2.05, 4.69) is 4.74 Å². The molecule has 0 spiro atoms. The first kappa shape index (κ1) is 14.9. The summed E-state index contributed by atoms with van der Waals surface area (Å²) in [5.41, 5.74) is 5.48. The molecule has 0 aliphatic rings. The van der Waals surface area contributed by atoms with Crippen LogP contribution in [-0.2, 0) is 20.7 Å². The fourth-order valence-corrected chi connectivity index (χ4v) is 1.25. The van der Waals surface area contributed by atoms with Crippen LogP contribution in [-0.4, -0.2) is 24.6 Å². The average Bonchev–Trinajstić information content (AvgIpc) is 2.30. The van der Waals surface area contributed by atoms with Gasteiger partial charge in [-0.1, -0.05) is 12.1 Å². The Morgan fingerprint density at radius 1 is 1.26 bits per heavy atom. The van der Waals surface area contributed by atoms with Crippen molar-refractivity contribution in [2.75, 3.05) is 0 Å². The molecule has 104 valence electrons. The number of primary amides is 1. The Morgan fingerprint density at radius 2 is 1.84 bits per heavy atom. The van der Waals surface area contributed by atoms with Crippen LogP contribution in [0, 0.1) is 0 Å². The Labute approximate surface area is 108 Å². The lowest BCUT2D eigenvalue weighted by Crippen LogP contribution is -2.30. The van der Waals surface area contributed by atoms with Gasteiger partial charge in [0.25, 0.3) is 5.91 Å². The molecule has 19 heavy (non-hydrogen) atoms. The van der Waals surface area contributed by atoms with Gasteiger partial charge in [-0.05, 0) is 24.6 Å². The SMILES string of the molecule is CC(OC(=O)Cc1ccc(OC(F)F)cc1)C(N)=O. The first-order chi connectivity index (χ1) is 8.88. The molecule has 0 fully saturated rings. The molecule has 1 aromatic carbocycles. The van der Waals surface area contributed by atoms with Crippen LogP contribution in [0.2, 0.25) is 0 Å². The predicted molar refractivity (Wildman–Crippen MR) is 61.5 cm³/mol. The van der Waals surface area contributed by atoms with Crippen LogP contribution in [0.4, 0.5) is 8.78 Å². The summed E-state index contributed by atoms with van der Waals surface area (Å²) in [7, 11) is 0. The van der Waals surface area contributed by atoms with Crippen molar-refractivity contribution >= 4 is 11.9 Å². The maximum absolute atomic E-state index is 11.9. The third kappa shape index (κ3) is 5.33. The number of ether oxygens (including phenoxy) is 2. The summed E-state index contributed by atoms with van der Waals surface area (Å²) in [5.74, 6) is -1.37. The molecule has 1 unspecified atom stereocenters. The number of benzene rings is 1. The van der Waals surface area contributed by atoms with E-state index in [0.717, 1.165) is 0 Å². The Kier molecular flexibility index (Phi) is 5.23. The highest BCUT2D eigenvalue weighted by atomic mass is 19.3. The van der Waals surface area contributed by atoms with Crippen LogP contribution in [0.3, 0.4) is 0 Å². The summed E-state index contributed by atoms with van der Waals surface area (Å²) in [6.07, 6.45) is -1.10. The number of hydrogen-bond donors (Lipinski definition) is 1. The Morgan fingerprint density at radius 3 is 2.32 bits per heavy atom. The average molecular weight is 273 g/mol. The zero-order valence-corrected chi connectivity index (χ0v) is 10.1. The van der Waals surface area contributed by atoms with Crippen molar-refractivity contribution in [3.05, 3.63) is 29.8 Å². The maximum Gasteiger partial charge on any atom is 0.387 e. The van der Waals surface area contributed by atoms with E-state index in [1.165, 1.54) is 31.2 Å². The number of rotatable bonds is 6. The Balaban J connectivity index is 2.53. The minimum Gasteiger partial charge on any atom is -0.452 e. The van der Waals surface area contributed by atoms with Gasteiger partial charge in [0.15, 0.2) is 6.10 Å². The molecule has 0 aliphatic carbocycles. The van der Waals surface area contributed by atoms with Crippen molar-refractivity contribution in [2.45, 2.75) is 26.1 Å². The molecule has 2 N–H and O–H groups in total. The van der Waals surface area contributed by atoms with Crippen LogP contribution in [0.5, 0.6) is 5.75 Å². The minimum absolute atomic E-state index is 0.00220. The number of halogens is 2. The van der Waals surface area contributed by atoms with E-state index in [9.17, 15) is 18.4 Å². The number of esters is 1. The zero-order chi connectivity index (χ0) is 14.4. The lowest BCUT2D eigenvalue weighted by molar-refractivity contribution is -0.153. The summed E-state index contributed by atoms with van der Waals surface area (Å²) >= 11 is 0. The number of nitrogens with two attached hydrogens (primary N) is 1. The second-order valence-corrected chi connectivity index (χ2v) is 3.73. The van der Waals surface area contributed by atoms with Gasteiger partial charge in [0, 0.05) is 0 Å². The zero-order valence-electron chi connectivity index (χ0n) is 10.1. The van der Waals surface area contributed by atoms with Gasteiger partial charge in [-0.15, -0.1) is 0 Å². The fourth-order valence-electron chi connectivity index (χ4n) is 1.25. The fraction of sp³-hybridized carbons (Fsp3) is 0.333. The van der Waals surface area contributed by atoms with Gasteiger partial charge in [0.05, 0.1) is 6.42 Å². The summed E-state index contributed by atoms with van der Waals surface area (Å²) in [5, 5.41) is 0. The van der Waals surface area contributed by atoms with Gasteiger partial charge in [-0.25, -0.2) is 0 Å². The van der Waals surface area contributed by atoms with Crippen LogP contribution in [0.15, 0.2) is 24.3 Å². The summed E-state index contributed by atoms with van der Waals surface area (Å²) < 4.78 is 32.7. The van der Waals surface area contributed by atoms with Gasteiger partial charge in [-0.3, -0.25) is 9.59 Å². The third-order valence-electron chi connectivity index (χ3n) is 2.21. The molecule has 1 rings (SSSR count). The van der Waals surface area contributed by atoms with Crippen molar-refractivity contribution in [2.24, 2.45) is 5.73 Å². The van der Waals surface area contributed by atoms with Crippen molar-refractivity contribution in [1.82, 2.24) is 0 Å². The highest BCUT2D eigenvalue weighted by molar-refractivity contribution is 5.82. The molecule has 0 aliphatic heterocycles. The number of alkyl halides is 2. The molecule has 0 bridgehead atoms. The van der Waals surface area contributed by atoms with E-state index < -0.39 is 24.6 Å². The molecule has 0 saturated carbocycles. The highest BCUT2D eigenvalue weighted by Gasteiger charge is 2.14. The first-order valence-electron chi connectivity index (χ1n) is 5.41. The highest BCUT2D eigenvalue weighted by Crippen LogP contribution is 2.15. The van der Waals surface area contributed by atoms with E-state index in [0.29, 0.717) is 5.56 Å². The lowest BCUT2D eigenvalue weighted by Gasteiger charge is -2.10. The minimum atomic E-state index is -2.90. The molecule has 1 aromatic rings. The van der Waals surface area contributed by atoms with Crippen LogP contribution < -0.4 is 10.5 Å². The smallest absolute Gasteiger partial charge is 0.387 e. The maximum atomic E-state index is 11.9. The number of amides is 1. The standard InChI is InChI=1S/C12H13F2NO4/c1-7(11(15)17)18-10(16)6-8-2-4-9(5-3-8)19-12(13)14/h2-5,7,12H,6H2,1H3,(H2,15,17). The molecule has 1 amide bonds. The lowest BCUT2D eigenvalue weighted by atomic mass is 10.1. The van der Waals surface area contributed by atoms with E-state index >= 15 is 0 Å². The van der Waals surface area contributed by atoms with Crippen LogP contribution in [0.1, 0.15) is 12.5 Å². The van der Waals surface area contributed by atoms with E-state index in [1.54, 1.807) is 0 Å². The Hall–Kier alpha value is -2.18. The monoisotopic (exact) mass is 273 g/mol. The van der Waals surface area contributed by atoms with E-state index in [-0.39, 0.29) is 12.2 Å². The summed E-state index contributed by atoms with van der Waals surface area (Å²) in [6.45, 7) is -1.54. The molecule has 0 heterocycles. The van der Waals surface area contributed by atoms with Gasteiger partial charge >= 0.3 is 12.6 Å². The summed E-state index contributed by atoms with van der Waals surface area (Å²) in [4.78, 5) is 22.1. The molecule has 0 aromatic heterocycles. The predicted octanol–water partition coefficient (Wildman–Crippen LogP) is 1.25. The van der Waals surface area contributed by atoms with Crippen molar-refractivity contribution in [3.63, 3.8) is 0 Å². The van der Waals surface area contributed by atoms with E-state index in [1.807, 2.05) is 0 Å². The van der Waals surface area contributed by atoms with Crippen molar-refractivity contribution in [1.29, 1.82) is 0 Å². The molecular weight excluding hydrogens is 260 g/mol. The van der Waals surface area contributed by atoms with Crippen molar-refractivity contribution in [3.8, 4) is 5.75 Å². The molecule has 7 heteroatoms. The number of hydrogen-bond acceptors (Lipinski definition) is 4. The molecular formula is C12H13F2NO4. The van der Waals surface area contributed by atoms with Gasteiger partial charge in [0.1, 0.15) is 5.75 Å². The van der Waals surface area contributed by atoms with Crippen LogP contribution in [0.25, 0.3) is 0 Å². The second-order valence-electron chi connectivity index (χ2n) is 3.73. The molecule has 0 radical (unpaired) electrons. The molecule has 0 saturated heterocycles. The van der Waals surface area contributed by atoms with Crippen molar-refractivity contribution < 1.29 is 27.8 Å². The summed E-state index contributed by atoms with van der Waals surface area (Å²) in [6, 6.07) is 5.53. The van der Waals surface area contributed by atoms with Crippen LogP contribution >= 0.6 is 0 Å². The van der Waals surface area contributed by atoms with E-state index in [4.69, 9.17) is 10.5 Å². The topological polar surface area (TPSA) is 78.6 Å². The van der Waals surface area contributed by atoms with Gasteiger partial charge < -0.3 is 15.2 Å². The quantitative estimate of drug-likeness (QED) is 0.791. The first-order valence-corrected chi connectivity index (χ1v) is 5.41. The Bertz CT molecular complexity index is 448. The molecule has 5 nitrogen and oxygen atoms in total. The van der Waals surface area contributed by atoms with Gasteiger partial charge in [-0.2, -0.15) is 8.78 Å². The number of carbonyl (C=O) groups excluding carboxylic acids is 2. The second kappa shape index (κ2) is 6.67. The largest absolute Gasteiger partial charge is 0.452 e. The normalized spacial score (nSPS) is 12.0. The number of carbonyl (C=O) groups is 2. The van der Waals surface area contributed by atoms with Gasteiger partial charge in [0.2, 0.25) is 0 Å². The molecule has 1 atom stereocenters.